The molecule has 1 atom stereocenters. The number of carbonyl (C=O) groups excluding carboxylic acids is 2. The molecule has 1 saturated heterocycles. The van der Waals surface area contributed by atoms with Crippen LogP contribution in [0.2, 0.25) is 0 Å². The molecule has 2 rings (SSSR count). The maximum absolute atomic E-state index is 12.6. The van der Waals surface area contributed by atoms with Gasteiger partial charge in [-0.15, -0.1) is 0 Å². The Labute approximate surface area is 123 Å². The van der Waals surface area contributed by atoms with Gasteiger partial charge in [-0.2, -0.15) is 0 Å². The molecule has 1 unspecified atom stereocenters. The molecule has 1 fully saturated rings. The zero-order valence-electron chi connectivity index (χ0n) is 12.6. The van der Waals surface area contributed by atoms with E-state index in [-0.39, 0.29) is 24.2 Å². The summed E-state index contributed by atoms with van der Waals surface area (Å²) < 4.78 is 10.2. The van der Waals surface area contributed by atoms with Gasteiger partial charge in [0.15, 0.2) is 0 Å². The fraction of sp³-hybridized carbons (Fsp3) is 0.643. The zero-order valence-corrected chi connectivity index (χ0v) is 12.6. The Morgan fingerprint density at radius 2 is 2.29 bits per heavy atom. The van der Waals surface area contributed by atoms with Crippen molar-refractivity contribution < 1.29 is 18.8 Å². The number of nitrogens with two attached hydrogens (primary N) is 1. The molecule has 0 spiro atoms. The fourth-order valence-electron chi connectivity index (χ4n) is 2.69. The minimum absolute atomic E-state index is 0.0826. The van der Waals surface area contributed by atoms with Crippen molar-refractivity contribution in [2.75, 3.05) is 20.3 Å². The lowest BCUT2D eigenvalue weighted by Gasteiger charge is -2.34. The molecule has 7 nitrogen and oxygen atoms in total. The first-order valence-corrected chi connectivity index (χ1v) is 7.00. The Morgan fingerprint density at radius 3 is 2.81 bits per heavy atom. The second-order valence-corrected chi connectivity index (χ2v) is 5.66. The van der Waals surface area contributed by atoms with Gasteiger partial charge >= 0.3 is 0 Å². The second-order valence-electron chi connectivity index (χ2n) is 5.66. The molecular weight excluding hydrogens is 274 g/mol. The molecule has 0 saturated carbocycles. The van der Waals surface area contributed by atoms with Crippen molar-refractivity contribution in [3.63, 3.8) is 0 Å². The number of rotatable bonds is 5. The third-order valence-electron chi connectivity index (χ3n) is 3.91. The number of carbonyl (C=O) groups is 2. The van der Waals surface area contributed by atoms with E-state index in [1.165, 1.54) is 12.0 Å². The summed E-state index contributed by atoms with van der Waals surface area (Å²) in [4.78, 5) is 25.9. The van der Waals surface area contributed by atoms with E-state index in [1.807, 2.05) is 13.8 Å². The predicted octanol–water partition coefficient (Wildman–Crippen LogP) is 0.905. The van der Waals surface area contributed by atoms with Gasteiger partial charge in [0.05, 0.1) is 12.3 Å². The van der Waals surface area contributed by atoms with Gasteiger partial charge < -0.3 is 19.9 Å². The van der Waals surface area contributed by atoms with Gasteiger partial charge in [0.2, 0.25) is 11.7 Å². The molecule has 1 aromatic heterocycles. The lowest BCUT2D eigenvalue weighted by Crippen LogP contribution is -2.58. The van der Waals surface area contributed by atoms with Crippen LogP contribution in [0.25, 0.3) is 0 Å². The molecule has 2 amide bonds. The molecule has 7 heteroatoms. The van der Waals surface area contributed by atoms with Crippen molar-refractivity contribution in [2.24, 2.45) is 5.73 Å². The Morgan fingerprint density at radius 1 is 1.57 bits per heavy atom. The van der Waals surface area contributed by atoms with Crippen molar-refractivity contribution in [2.45, 2.75) is 38.1 Å². The molecule has 1 aliphatic rings. The fourth-order valence-corrected chi connectivity index (χ4v) is 2.69. The average Bonchev–Trinajstić information content (AvgIpc) is 3.05. The van der Waals surface area contributed by atoms with Crippen LogP contribution in [0.4, 0.5) is 0 Å². The second kappa shape index (κ2) is 5.85. The molecule has 2 N–H and O–H groups in total. The van der Waals surface area contributed by atoms with Crippen molar-refractivity contribution in [3.05, 3.63) is 17.5 Å². The molecule has 0 aliphatic carbocycles. The first-order valence-electron chi connectivity index (χ1n) is 7.00. The van der Waals surface area contributed by atoms with Crippen molar-refractivity contribution in [3.8, 4) is 0 Å². The number of amides is 2. The smallest absolute Gasteiger partial charge is 0.293 e. The van der Waals surface area contributed by atoms with Gasteiger partial charge in [0.1, 0.15) is 5.54 Å². The molecule has 116 valence electrons. The maximum Gasteiger partial charge on any atom is 0.293 e. The van der Waals surface area contributed by atoms with Gasteiger partial charge in [-0.3, -0.25) is 9.59 Å². The van der Waals surface area contributed by atoms with Gasteiger partial charge in [-0.25, -0.2) is 0 Å². The lowest BCUT2D eigenvalue weighted by atomic mass is 9.96. The van der Waals surface area contributed by atoms with Crippen LogP contribution in [0.1, 0.15) is 48.9 Å². The van der Waals surface area contributed by atoms with Crippen LogP contribution in [0.5, 0.6) is 0 Å². The normalized spacial score (nSPS) is 22.0. The van der Waals surface area contributed by atoms with Gasteiger partial charge in [0.25, 0.3) is 5.91 Å². The number of hydrogen-bond donors (Lipinski definition) is 1. The zero-order chi connectivity index (χ0) is 15.6. The van der Waals surface area contributed by atoms with Crippen LogP contribution in [0.3, 0.4) is 0 Å². The van der Waals surface area contributed by atoms with Crippen LogP contribution < -0.4 is 5.73 Å². The highest BCUT2D eigenvalue weighted by Crippen LogP contribution is 2.31. The largest absolute Gasteiger partial charge is 0.382 e. The van der Waals surface area contributed by atoms with Crippen LogP contribution in [0, 0.1) is 0 Å². The van der Waals surface area contributed by atoms with E-state index >= 15 is 0 Å². The van der Waals surface area contributed by atoms with Crippen LogP contribution in [-0.4, -0.2) is 47.7 Å². The Balaban J connectivity index is 2.29. The summed E-state index contributed by atoms with van der Waals surface area (Å²) in [5.74, 6) is -0.641. The highest BCUT2D eigenvalue weighted by Gasteiger charge is 2.49. The monoisotopic (exact) mass is 295 g/mol. The van der Waals surface area contributed by atoms with E-state index in [4.69, 9.17) is 15.0 Å². The molecule has 1 aromatic rings. The molecule has 1 aliphatic heterocycles. The van der Waals surface area contributed by atoms with Crippen molar-refractivity contribution >= 4 is 11.8 Å². The molecule has 21 heavy (non-hydrogen) atoms. The standard InChI is InChI=1S/C14H21N3O4/c1-9(2)10-7-11(21-16-10)12(18)17-6-4-5-14(17,8-20-3)13(15)19/h7,9H,4-6,8H2,1-3H3,(H2,15,19). The van der Waals surface area contributed by atoms with Crippen LogP contribution in [0.15, 0.2) is 10.6 Å². The average molecular weight is 295 g/mol. The number of methoxy groups -OCH3 is 1. The van der Waals surface area contributed by atoms with Crippen molar-refractivity contribution in [1.29, 1.82) is 0 Å². The lowest BCUT2D eigenvalue weighted by molar-refractivity contribution is -0.130. The Kier molecular flexibility index (Phi) is 4.32. The third-order valence-corrected chi connectivity index (χ3v) is 3.91. The predicted molar refractivity (Wildman–Crippen MR) is 74.7 cm³/mol. The van der Waals surface area contributed by atoms with E-state index < -0.39 is 11.4 Å². The third kappa shape index (κ3) is 2.65. The molecule has 0 radical (unpaired) electrons. The van der Waals surface area contributed by atoms with E-state index in [1.54, 1.807) is 6.07 Å². The topological polar surface area (TPSA) is 98.7 Å². The van der Waals surface area contributed by atoms with Gasteiger partial charge in [0, 0.05) is 19.7 Å². The molecule has 0 aromatic carbocycles. The number of likely N-dealkylation sites (tertiary alicyclic amines) is 1. The van der Waals surface area contributed by atoms with E-state index in [2.05, 4.69) is 5.16 Å². The first kappa shape index (κ1) is 15.5. The van der Waals surface area contributed by atoms with E-state index in [9.17, 15) is 9.59 Å². The number of hydrogen-bond acceptors (Lipinski definition) is 5. The summed E-state index contributed by atoms with van der Waals surface area (Å²) in [6.45, 7) is 4.45. The van der Waals surface area contributed by atoms with E-state index in [0.717, 1.165) is 0 Å². The number of nitrogens with zero attached hydrogens (tertiary/aromatic N) is 2. The van der Waals surface area contributed by atoms with Crippen LogP contribution in [-0.2, 0) is 9.53 Å². The number of aromatic nitrogens is 1. The minimum atomic E-state index is -1.10. The van der Waals surface area contributed by atoms with Crippen molar-refractivity contribution in [1.82, 2.24) is 10.1 Å². The number of primary amides is 1. The maximum atomic E-state index is 12.6. The molecule has 2 heterocycles. The Hall–Kier alpha value is -1.89. The first-order chi connectivity index (χ1) is 9.92. The van der Waals surface area contributed by atoms with Gasteiger partial charge in [-0.05, 0) is 18.8 Å². The summed E-state index contributed by atoms with van der Waals surface area (Å²) >= 11 is 0. The highest BCUT2D eigenvalue weighted by molar-refractivity contribution is 5.97. The van der Waals surface area contributed by atoms with Crippen LogP contribution >= 0.6 is 0 Å². The Bertz CT molecular complexity index is 540. The van der Waals surface area contributed by atoms with Gasteiger partial charge in [-0.1, -0.05) is 19.0 Å². The minimum Gasteiger partial charge on any atom is -0.382 e. The SMILES string of the molecule is COCC1(C(N)=O)CCCN1C(=O)c1cc(C(C)C)no1. The highest BCUT2D eigenvalue weighted by atomic mass is 16.5. The molecule has 0 bridgehead atoms. The summed E-state index contributed by atoms with van der Waals surface area (Å²) in [5, 5.41) is 3.88. The summed E-state index contributed by atoms with van der Waals surface area (Å²) in [5.41, 5.74) is 5.12. The quantitative estimate of drug-likeness (QED) is 0.870. The summed E-state index contributed by atoms with van der Waals surface area (Å²) in [6.07, 6.45) is 1.19. The summed E-state index contributed by atoms with van der Waals surface area (Å²) in [7, 11) is 1.48. The number of ether oxygens (including phenoxy) is 1. The molecular formula is C14H21N3O4. The van der Waals surface area contributed by atoms with E-state index in [0.29, 0.717) is 25.1 Å². The summed E-state index contributed by atoms with van der Waals surface area (Å²) in [6, 6.07) is 1.61.